The molecule has 0 saturated heterocycles. The van der Waals surface area contributed by atoms with E-state index in [1.165, 1.54) is 72.8 Å². The highest BCUT2D eigenvalue weighted by atomic mass is 15.2. The molecule has 0 saturated carbocycles. The van der Waals surface area contributed by atoms with E-state index < -0.39 is 0 Å². The van der Waals surface area contributed by atoms with Crippen molar-refractivity contribution in [2.24, 2.45) is 0 Å². The van der Waals surface area contributed by atoms with Crippen molar-refractivity contribution >= 4 is 45.9 Å². The van der Waals surface area contributed by atoms with Crippen LogP contribution in [0.25, 0.3) is 10.9 Å². The Bertz CT molecular complexity index is 1890. The van der Waals surface area contributed by atoms with Gasteiger partial charge in [-0.05, 0) is 75.1 Å². The lowest BCUT2D eigenvalue weighted by atomic mass is 9.31. The number of para-hydroxylation sites is 2. The summed E-state index contributed by atoms with van der Waals surface area (Å²) in [5.41, 5.74) is 17.3. The van der Waals surface area contributed by atoms with Gasteiger partial charge in [0.1, 0.15) is 0 Å². The average molecular weight is 553 g/mol. The summed E-state index contributed by atoms with van der Waals surface area (Å²) in [5.74, 6) is 0. The van der Waals surface area contributed by atoms with E-state index in [0.29, 0.717) is 0 Å². The molecule has 3 heteroatoms. The van der Waals surface area contributed by atoms with E-state index in [1.807, 2.05) is 0 Å². The smallest absolute Gasteiger partial charge is 0.252 e. The molecule has 2 aliphatic carbocycles. The largest absolute Gasteiger partial charge is 0.314 e. The SMILES string of the molecule is CC1(C)C2=C(B3C4=C(N(c5ccccc5)c5cccc(c53)N2c2ccccc2)C(C)(C)c2ccccc24)c2ccccc21. The second kappa shape index (κ2) is 8.42. The van der Waals surface area contributed by atoms with Gasteiger partial charge in [-0.1, -0.05) is 119 Å². The van der Waals surface area contributed by atoms with Gasteiger partial charge >= 0.3 is 0 Å². The molecule has 0 atom stereocenters. The summed E-state index contributed by atoms with van der Waals surface area (Å²) in [7, 11) is 0. The van der Waals surface area contributed by atoms with Crippen molar-refractivity contribution < 1.29 is 0 Å². The summed E-state index contributed by atoms with van der Waals surface area (Å²) in [6.45, 7) is 9.79. The summed E-state index contributed by atoms with van der Waals surface area (Å²) < 4.78 is 0. The molecule has 0 unspecified atom stereocenters. The third-order valence-corrected chi connectivity index (χ3v) is 10.4. The van der Waals surface area contributed by atoms with E-state index in [2.05, 4.69) is 165 Å². The van der Waals surface area contributed by atoms with Crippen LogP contribution in [0.3, 0.4) is 0 Å². The first-order valence-corrected chi connectivity index (χ1v) is 15.4. The number of benzene rings is 5. The van der Waals surface area contributed by atoms with Crippen LogP contribution in [0, 0.1) is 0 Å². The number of rotatable bonds is 2. The van der Waals surface area contributed by atoms with Gasteiger partial charge in [0.05, 0.1) is 0 Å². The number of anilines is 4. The van der Waals surface area contributed by atoms with Gasteiger partial charge in [0, 0.05) is 45.0 Å². The Labute approximate surface area is 254 Å². The van der Waals surface area contributed by atoms with Crippen molar-refractivity contribution in [2.75, 3.05) is 9.80 Å². The predicted octanol–water partition coefficient (Wildman–Crippen LogP) is 9.18. The summed E-state index contributed by atoms with van der Waals surface area (Å²) in [6, 6.07) is 47.2. The minimum absolute atomic E-state index is 0.127. The molecule has 0 spiro atoms. The van der Waals surface area contributed by atoms with Crippen LogP contribution in [0.4, 0.5) is 22.7 Å². The maximum atomic E-state index is 2.57. The van der Waals surface area contributed by atoms with Crippen molar-refractivity contribution in [3.8, 4) is 0 Å². The summed E-state index contributed by atoms with van der Waals surface area (Å²) in [6.07, 6.45) is 0. The fraction of sp³-hybridized carbons (Fsp3) is 0.150. The molecule has 0 amide bonds. The summed E-state index contributed by atoms with van der Waals surface area (Å²) >= 11 is 0. The van der Waals surface area contributed by atoms with Gasteiger partial charge < -0.3 is 9.80 Å². The van der Waals surface area contributed by atoms with Gasteiger partial charge in [-0.2, -0.15) is 0 Å². The second-order valence-corrected chi connectivity index (χ2v) is 13.4. The lowest BCUT2D eigenvalue weighted by Crippen LogP contribution is -2.50. The van der Waals surface area contributed by atoms with Crippen molar-refractivity contribution in [1.29, 1.82) is 0 Å². The van der Waals surface area contributed by atoms with Crippen molar-refractivity contribution in [2.45, 2.75) is 38.5 Å². The Morgan fingerprint density at radius 3 is 1.28 bits per heavy atom. The van der Waals surface area contributed by atoms with Crippen LogP contribution < -0.4 is 15.3 Å². The zero-order chi connectivity index (χ0) is 29.1. The molecule has 9 rings (SSSR count). The van der Waals surface area contributed by atoms with E-state index in [0.717, 1.165) is 0 Å². The van der Waals surface area contributed by atoms with Gasteiger partial charge in [-0.3, -0.25) is 0 Å². The summed E-state index contributed by atoms with van der Waals surface area (Å²) in [5, 5.41) is 0. The maximum absolute atomic E-state index is 2.57. The Balaban J connectivity index is 1.47. The zero-order valence-electron chi connectivity index (χ0n) is 25.1. The minimum Gasteiger partial charge on any atom is -0.314 e. The van der Waals surface area contributed by atoms with E-state index in [-0.39, 0.29) is 17.5 Å². The average Bonchev–Trinajstić information content (AvgIpc) is 3.42. The van der Waals surface area contributed by atoms with Gasteiger partial charge in [0.25, 0.3) is 6.71 Å². The van der Waals surface area contributed by atoms with Crippen LogP contribution in [0.5, 0.6) is 0 Å². The van der Waals surface area contributed by atoms with Gasteiger partial charge in [-0.25, -0.2) is 0 Å². The normalized spacial score (nSPS) is 18.3. The van der Waals surface area contributed by atoms with Crippen LogP contribution in [0.2, 0.25) is 0 Å². The molecular weight excluding hydrogens is 519 g/mol. The van der Waals surface area contributed by atoms with Crippen LogP contribution in [0.1, 0.15) is 49.9 Å². The fourth-order valence-corrected chi connectivity index (χ4v) is 8.69. The molecule has 0 radical (unpaired) electrons. The Morgan fingerprint density at radius 2 is 0.837 bits per heavy atom. The van der Waals surface area contributed by atoms with Crippen molar-refractivity contribution in [3.05, 3.63) is 161 Å². The molecule has 0 bridgehead atoms. The van der Waals surface area contributed by atoms with Crippen LogP contribution in [-0.4, -0.2) is 6.71 Å². The van der Waals surface area contributed by atoms with Gasteiger partial charge in [0.2, 0.25) is 0 Å². The summed E-state index contributed by atoms with van der Waals surface area (Å²) in [4.78, 5) is 5.15. The maximum Gasteiger partial charge on any atom is 0.252 e. The molecule has 5 aromatic rings. The first-order chi connectivity index (χ1) is 20.9. The van der Waals surface area contributed by atoms with E-state index in [9.17, 15) is 0 Å². The topological polar surface area (TPSA) is 6.48 Å². The molecule has 43 heavy (non-hydrogen) atoms. The van der Waals surface area contributed by atoms with E-state index in [4.69, 9.17) is 0 Å². The van der Waals surface area contributed by atoms with Crippen LogP contribution >= 0.6 is 0 Å². The third kappa shape index (κ3) is 3.05. The molecular formula is C40H33BN2. The van der Waals surface area contributed by atoms with E-state index in [1.54, 1.807) is 0 Å². The second-order valence-electron chi connectivity index (χ2n) is 13.4. The van der Waals surface area contributed by atoms with Crippen molar-refractivity contribution in [1.82, 2.24) is 0 Å². The Hall–Kier alpha value is -4.76. The number of hydrogen-bond acceptors (Lipinski definition) is 2. The van der Waals surface area contributed by atoms with Gasteiger partial charge in [0.15, 0.2) is 0 Å². The molecule has 206 valence electrons. The number of hydrogen-bond donors (Lipinski definition) is 0. The molecule has 2 nitrogen and oxygen atoms in total. The molecule has 0 fully saturated rings. The molecule has 5 aromatic carbocycles. The zero-order valence-corrected chi connectivity index (χ0v) is 25.1. The number of allylic oxidation sites excluding steroid dienone is 2. The third-order valence-electron chi connectivity index (χ3n) is 10.4. The quantitative estimate of drug-likeness (QED) is 0.202. The highest BCUT2D eigenvalue weighted by Gasteiger charge is 2.56. The molecule has 4 aliphatic rings. The monoisotopic (exact) mass is 552 g/mol. The van der Waals surface area contributed by atoms with Crippen LogP contribution in [0.15, 0.2) is 139 Å². The first-order valence-electron chi connectivity index (χ1n) is 15.4. The molecule has 2 aliphatic heterocycles. The van der Waals surface area contributed by atoms with Crippen molar-refractivity contribution in [3.63, 3.8) is 0 Å². The lowest BCUT2D eigenvalue weighted by Gasteiger charge is -2.47. The minimum atomic E-state index is -0.166. The fourth-order valence-electron chi connectivity index (χ4n) is 8.69. The molecule has 0 aromatic heterocycles. The first kappa shape index (κ1) is 24.8. The van der Waals surface area contributed by atoms with Gasteiger partial charge in [-0.15, -0.1) is 0 Å². The standard InChI is InChI=1S/C40H33BN2/c1-39(2)30-22-13-11-20-28(30)34-37(39)42(26-16-7-5-8-17-26)32-24-15-25-33-36(32)41(34)35-29-21-12-14-23-31(29)40(3,4)38(35)43(33)27-18-9-6-10-19-27/h5-25H,1-4H3. The number of fused-ring (bicyclic) bond motifs is 6. The highest BCUT2D eigenvalue weighted by Crippen LogP contribution is 2.61. The predicted molar refractivity (Wildman–Crippen MR) is 182 cm³/mol. The molecule has 0 N–H and O–H groups in total. The van der Waals surface area contributed by atoms with E-state index >= 15 is 0 Å². The Morgan fingerprint density at radius 1 is 0.442 bits per heavy atom. The molecule has 2 heterocycles. The highest BCUT2D eigenvalue weighted by molar-refractivity contribution is 7.06. The van der Waals surface area contributed by atoms with Crippen LogP contribution in [-0.2, 0) is 10.8 Å². The lowest BCUT2D eigenvalue weighted by molar-refractivity contribution is 0.624. The number of nitrogens with zero attached hydrogens (tertiary/aromatic N) is 2. The Kier molecular flexibility index (Phi) is 4.86.